The summed E-state index contributed by atoms with van der Waals surface area (Å²) in [7, 11) is 0. The molecule has 3 aromatic carbocycles. The molecule has 0 aliphatic carbocycles. The molecule has 0 heterocycles. The van der Waals surface area contributed by atoms with Crippen molar-refractivity contribution in [2.45, 2.75) is 13.0 Å². The predicted molar refractivity (Wildman–Crippen MR) is 97.5 cm³/mol. The number of ether oxygens (including phenoxy) is 2. The van der Waals surface area contributed by atoms with Gasteiger partial charge in [-0.2, -0.15) is 0 Å². The summed E-state index contributed by atoms with van der Waals surface area (Å²) in [5.74, 6) is 0.118. The van der Waals surface area contributed by atoms with Gasteiger partial charge in [0.2, 0.25) is 0 Å². The summed E-state index contributed by atoms with van der Waals surface area (Å²) in [5.41, 5.74) is 3.03. The first kappa shape index (κ1) is 16.9. The van der Waals surface area contributed by atoms with Crippen LogP contribution in [0.25, 0.3) is 0 Å². The summed E-state index contributed by atoms with van der Waals surface area (Å²) >= 11 is 0. The van der Waals surface area contributed by atoms with Gasteiger partial charge in [0.25, 0.3) is 0 Å². The summed E-state index contributed by atoms with van der Waals surface area (Å²) in [6.45, 7) is 1.83. The molecule has 0 bridgehead atoms. The Labute approximate surface area is 147 Å². The molecule has 0 radical (unpaired) electrons. The smallest absolute Gasteiger partial charge is 0.337 e. The highest BCUT2D eigenvalue weighted by atomic mass is 16.6. The molecular formula is C22H20O3. The van der Waals surface area contributed by atoms with Crippen molar-refractivity contribution in [1.29, 1.82) is 0 Å². The van der Waals surface area contributed by atoms with Crippen LogP contribution in [0.1, 0.15) is 22.8 Å². The van der Waals surface area contributed by atoms with E-state index in [9.17, 15) is 4.79 Å². The zero-order valence-electron chi connectivity index (χ0n) is 14.1. The van der Waals surface area contributed by atoms with Crippen molar-refractivity contribution in [2.24, 2.45) is 0 Å². The van der Waals surface area contributed by atoms with E-state index < -0.39 is 5.97 Å². The van der Waals surface area contributed by atoms with Gasteiger partial charge in [0.15, 0.2) is 0 Å². The molecule has 3 rings (SSSR count). The normalized spacial score (nSPS) is 10.6. The van der Waals surface area contributed by atoms with Crippen LogP contribution >= 0.6 is 0 Å². The first-order chi connectivity index (χ1) is 12.2. The summed E-state index contributed by atoms with van der Waals surface area (Å²) < 4.78 is 11.3. The Morgan fingerprint density at radius 1 is 0.840 bits per heavy atom. The zero-order chi connectivity index (χ0) is 17.5. The van der Waals surface area contributed by atoms with Crippen LogP contribution in [-0.4, -0.2) is 12.6 Å². The summed E-state index contributed by atoms with van der Waals surface area (Å²) in [6.07, 6.45) is -0.313. The molecule has 0 unspecified atom stereocenters. The van der Waals surface area contributed by atoms with Crippen LogP contribution in [0.2, 0.25) is 0 Å². The number of benzene rings is 3. The lowest BCUT2D eigenvalue weighted by Crippen LogP contribution is -2.18. The maximum Gasteiger partial charge on any atom is 0.337 e. The topological polar surface area (TPSA) is 35.5 Å². The molecule has 0 spiro atoms. The molecule has 0 N–H and O–H groups in total. The third kappa shape index (κ3) is 4.78. The molecule has 126 valence electrons. The maximum absolute atomic E-state index is 12.1. The summed E-state index contributed by atoms with van der Waals surface area (Å²) in [4.78, 5) is 12.1. The van der Waals surface area contributed by atoms with Crippen LogP contribution in [0.4, 0.5) is 0 Å². The summed E-state index contributed by atoms with van der Waals surface area (Å²) in [6, 6.07) is 27.1. The predicted octanol–water partition coefficient (Wildman–Crippen LogP) is 4.71. The number of hydrogen-bond donors (Lipinski definition) is 0. The fourth-order valence-electron chi connectivity index (χ4n) is 2.63. The van der Waals surface area contributed by atoms with E-state index in [1.54, 1.807) is 6.07 Å². The van der Waals surface area contributed by atoms with Crippen LogP contribution in [0.15, 0.2) is 84.9 Å². The molecule has 3 nitrogen and oxygen atoms in total. The minimum Gasteiger partial charge on any atom is -0.425 e. The number of rotatable bonds is 6. The van der Waals surface area contributed by atoms with E-state index in [0.717, 1.165) is 16.7 Å². The Kier molecular flexibility index (Phi) is 5.60. The Bertz CT molecular complexity index is 773. The average Bonchev–Trinajstić information content (AvgIpc) is 2.64. The molecule has 0 amide bonds. The van der Waals surface area contributed by atoms with E-state index in [1.165, 1.54) is 0 Å². The van der Waals surface area contributed by atoms with Gasteiger partial charge in [0.05, 0.1) is 0 Å². The van der Waals surface area contributed by atoms with Crippen LogP contribution < -0.4 is 4.74 Å². The average molecular weight is 332 g/mol. The Morgan fingerprint density at radius 3 is 2.00 bits per heavy atom. The first-order valence-electron chi connectivity index (χ1n) is 8.21. The van der Waals surface area contributed by atoms with Gasteiger partial charge in [-0.05, 0) is 35.7 Å². The lowest BCUT2D eigenvalue weighted by atomic mass is 10.0. The van der Waals surface area contributed by atoms with E-state index in [4.69, 9.17) is 9.47 Å². The van der Waals surface area contributed by atoms with Gasteiger partial charge in [0.1, 0.15) is 18.5 Å². The lowest BCUT2D eigenvalue weighted by molar-refractivity contribution is -0.140. The Balaban J connectivity index is 1.70. The van der Waals surface area contributed by atoms with E-state index in [2.05, 4.69) is 0 Å². The van der Waals surface area contributed by atoms with E-state index in [0.29, 0.717) is 5.75 Å². The molecule has 0 saturated carbocycles. The van der Waals surface area contributed by atoms with E-state index in [-0.39, 0.29) is 12.7 Å². The highest BCUT2D eigenvalue weighted by Crippen LogP contribution is 2.25. The number of carbonyl (C=O) groups is 1. The van der Waals surface area contributed by atoms with Gasteiger partial charge in [-0.25, -0.2) is 4.79 Å². The largest absolute Gasteiger partial charge is 0.425 e. The first-order valence-corrected chi connectivity index (χ1v) is 8.21. The second-order valence-corrected chi connectivity index (χ2v) is 5.80. The molecular weight excluding hydrogens is 312 g/mol. The van der Waals surface area contributed by atoms with Gasteiger partial charge in [-0.3, -0.25) is 0 Å². The van der Waals surface area contributed by atoms with Gasteiger partial charge < -0.3 is 9.47 Å². The molecule has 3 heteroatoms. The SMILES string of the molecule is Cc1cccc(OC(=O)COC(c2ccccc2)c2ccccc2)c1. The molecule has 0 atom stereocenters. The second-order valence-electron chi connectivity index (χ2n) is 5.80. The summed E-state index contributed by atoms with van der Waals surface area (Å²) in [5, 5.41) is 0. The highest BCUT2D eigenvalue weighted by Gasteiger charge is 2.17. The fourth-order valence-corrected chi connectivity index (χ4v) is 2.63. The van der Waals surface area contributed by atoms with Gasteiger partial charge >= 0.3 is 5.97 Å². The molecule has 25 heavy (non-hydrogen) atoms. The molecule has 3 aromatic rings. The van der Waals surface area contributed by atoms with Crippen LogP contribution in [-0.2, 0) is 9.53 Å². The maximum atomic E-state index is 12.1. The minimum atomic E-state index is -0.414. The van der Waals surface area contributed by atoms with Crippen LogP contribution in [0.5, 0.6) is 5.75 Å². The molecule has 0 fully saturated rings. The van der Waals surface area contributed by atoms with Crippen molar-refractivity contribution in [2.75, 3.05) is 6.61 Å². The highest BCUT2D eigenvalue weighted by molar-refractivity contribution is 5.73. The van der Waals surface area contributed by atoms with Crippen molar-refractivity contribution >= 4 is 5.97 Å². The monoisotopic (exact) mass is 332 g/mol. The zero-order valence-corrected chi connectivity index (χ0v) is 14.1. The fraction of sp³-hybridized carbons (Fsp3) is 0.136. The van der Waals surface area contributed by atoms with E-state index in [1.807, 2.05) is 85.8 Å². The van der Waals surface area contributed by atoms with Crippen LogP contribution in [0, 0.1) is 6.92 Å². The van der Waals surface area contributed by atoms with Gasteiger partial charge in [-0.1, -0.05) is 72.8 Å². The quantitative estimate of drug-likeness (QED) is 0.484. The number of aryl methyl sites for hydroxylation is 1. The third-order valence-corrected chi connectivity index (χ3v) is 3.79. The van der Waals surface area contributed by atoms with Gasteiger partial charge in [0, 0.05) is 0 Å². The molecule has 0 aliphatic heterocycles. The Morgan fingerprint density at radius 2 is 1.44 bits per heavy atom. The lowest BCUT2D eigenvalue weighted by Gasteiger charge is -2.18. The number of carbonyl (C=O) groups excluding carboxylic acids is 1. The molecule has 0 aromatic heterocycles. The number of hydrogen-bond acceptors (Lipinski definition) is 3. The standard InChI is InChI=1S/C22H20O3/c1-17-9-8-14-20(15-17)25-21(23)16-24-22(18-10-4-2-5-11-18)19-12-6-3-7-13-19/h2-15,22H,16H2,1H3. The van der Waals surface area contributed by atoms with E-state index >= 15 is 0 Å². The second kappa shape index (κ2) is 8.27. The molecule has 0 aliphatic rings. The number of esters is 1. The molecule has 0 saturated heterocycles. The van der Waals surface area contributed by atoms with Crippen molar-refractivity contribution in [3.05, 3.63) is 102 Å². The van der Waals surface area contributed by atoms with Crippen LogP contribution in [0.3, 0.4) is 0 Å². The van der Waals surface area contributed by atoms with Crippen molar-refractivity contribution in [3.63, 3.8) is 0 Å². The Hall–Kier alpha value is -2.91. The van der Waals surface area contributed by atoms with Crippen molar-refractivity contribution < 1.29 is 14.3 Å². The van der Waals surface area contributed by atoms with Gasteiger partial charge in [-0.15, -0.1) is 0 Å². The van der Waals surface area contributed by atoms with Crippen molar-refractivity contribution in [3.8, 4) is 5.75 Å². The third-order valence-electron chi connectivity index (χ3n) is 3.79. The van der Waals surface area contributed by atoms with Crippen molar-refractivity contribution in [1.82, 2.24) is 0 Å². The minimum absolute atomic E-state index is 0.123.